The van der Waals surface area contributed by atoms with Crippen molar-refractivity contribution in [2.75, 3.05) is 26.3 Å². The van der Waals surface area contributed by atoms with Crippen molar-refractivity contribution < 1.29 is 27.4 Å². The van der Waals surface area contributed by atoms with Crippen LogP contribution in [0.25, 0.3) is 10.9 Å². The van der Waals surface area contributed by atoms with Crippen LogP contribution in [0.3, 0.4) is 0 Å². The molecule has 1 fully saturated rings. The molecule has 0 bridgehead atoms. The second-order valence-electron chi connectivity index (χ2n) is 7.54. The average Bonchev–Trinajstić information content (AvgIpc) is 2.99. The van der Waals surface area contributed by atoms with Gasteiger partial charge in [0.15, 0.2) is 0 Å². The highest BCUT2D eigenvalue weighted by Crippen LogP contribution is 2.28. The lowest BCUT2D eigenvalue weighted by Gasteiger charge is -2.26. The van der Waals surface area contributed by atoms with Gasteiger partial charge in [-0.3, -0.25) is 4.79 Å². The molecule has 0 saturated carbocycles. The van der Waals surface area contributed by atoms with Crippen molar-refractivity contribution in [3.05, 3.63) is 65.1 Å². The van der Waals surface area contributed by atoms with Crippen LogP contribution >= 0.6 is 0 Å². The van der Waals surface area contributed by atoms with Crippen molar-refractivity contribution in [3.63, 3.8) is 0 Å². The van der Waals surface area contributed by atoms with E-state index in [9.17, 15) is 22.7 Å². The van der Waals surface area contributed by atoms with E-state index in [0.717, 1.165) is 16.8 Å². The predicted molar refractivity (Wildman–Crippen MR) is 113 cm³/mol. The summed E-state index contributed by atoms with van der Waals surface area (Å²) < 4.78 is 48.0. The van der Waals surface area contributed by atoms with Crippen LogP contribution in [0.5, 0.6) is 0 Å². The smallest absolute Gasteiger partial charge is 0.307 e. The SMILES string of the molecule is Cc1c(CC(=O)O)c2cc(F)ccc2n1Cc1ccc(S(=O)(=O)N2CCOCC2)cc1. The van der Waals surface area contributed by atoms with Gasteiger partial charge in [0.05, 0.1) is 24.5 Å². The number of carbonyl (C=O) groups is 1. The van der Waals surface area contributed by atoms with Crippen LogP contribution in [-0.4, -0.2) is 54.7 Å². The number of aliphatic carboxylic acids is 1. The quantitative estimate of drug-likeness (QED) is 0.629. The summed E-state index contributed by atoms with van der Waals surface area (Å²) in [7, 11) is -3.57. The highest BCUT2D eigenvalue weighted by molar-refractivity contribution is 7.89. The average molecular weight is 447 g/mol. The Bertz CT molecular complexity index is 1230. The molecule has 0 aliphatic carbocycles. The van der Waals surface area contributed by atoms with Gasteiger partial charge in [-0.1, -0.05) is 12.1 Å². The molecule has 164 valence electrons. The zero-order chi connectivity index (χ0) is 22.2. The number of benzene rings is 2. The Labute approximate surface area is 179 Å². The number of aromatic nitrogens is 1. The van der Waals surface area contributed by atoms with Crippen molar-refractivity contribution in [2.45, 2.75) is 24.8 Å². The summed E-state index contributed by atoms with van der Waals surface area (Å²) in [5, 5.41) is 9.84. The molecule has 3 aromatic rings. The van der Waals surface area contributed by atoms with Gasteiger partial charge in [0.25, 0.3) is 0 Å². The highest BCUT2D eigenvalue weighted by atomic mass is 32.2. The molecule has 0 atom stereocenters. The number of nitrogens with zero attached hydrogens (tertiary/aromatic N) is 2. The maximum Gasteiger partial charge on any atom is 0.307 e. The standard InChI is InChI=1S/C22H23FN2O5S/c1-15-19(13-22(26)27)20-12-17(23)4-7-21(20)25(15)14-16-2-5-18(6-3-16)31(28,29)24-8-10-30-11-9-24/h2-7,12H,8-11,13-14H2,1H3,(H,26,27). The fourth-order valence-electron chi connectivity index (χ4n) is 3.99. The Morgan fingerprint density at radius 1 is 1.13 bits per heavy atom. The maximum atomic E-state index is 13.8. The molecule has 9 heteroatoms. The molecule has 2 aromatic carbocycles. The minimum atomic E-state index is -3.57. The van der Waals surface area contributed by atoms with Crippen LogP contribution in [0.15, 0.2) is 47.4 Å². The molecule has 7 nitrogen and oxygen atoms in total. The Hall–Kier alpha value is -2.75. The molecular weight excluding hydrogens is 423 g/mol. The molecule has 1 aliphatic rings. The third-order valence-corrected chi connectivity index (χ3v) is 7.53. The molecule has 0 spiro atoms. The molecule has 0 unspecified atom stereocenters. The summed E-state index contributed by atoms with van der Waals surface area (Å²) in [6, 6.07) is 11.0. The van der Waals surface area contributed by atoms with E-state index in [0.29, 0.717) is 43.8 Å². The fourth-order valence-corrected chi connectivity index (χ4v) is 5.40. The third kappa shape index (κ3) is 4.21. The van der Waals surface area contributed by atoms with Gasteiger partial charge in [-0.15, -0.1) is 0 Å². The highest BCUT2D eigenvalue weighted by Gasteiger charge is 2.26. The molecule has 4 rings (SSSR count). The number of carboxylic acids is 1. The Morgan fingerprint density at radius 3 is 2.45 bits per heavy atom. The van der Waals surface area contributed by atoms with Crippen LogP contribution in [0, 0.1) is 12.7 Å². The van der Waals surface area contributed by atoms with Gasteiger partial charge in [-0.05, 0) is 48.4 Å². The van der Waals surface area contributed by atoms with Crippen molar-refractivity contribution in [3.8, 4) is 0 Å². The van der Waals surface area contributed by atoms with Gasteiger partial charge in [0, 0.05) is 36.2 Å². The number of morpholine rings is 1. The van der Waals surface area contributed by atoms with Crippen molar-refractivity contribution in [1.29, 1.82) is 0 Å². The van der Waals surface area contributed by atoms with E-state index in [-0.39, 0.29) is 11.3 Å². The van der Waals surface area contributed by atoms with E-state index in [2.05, 4.69) is 0 Å². The predicted octanol–water partition coefficient (Wildman–Crippen LogP) is 2.79. The Morgan fingerprint density at radius 2 is 1.81 bits per heavy atom. The number of carboxylic acid groups (broad SMARTS) is 1. The minimum Gasteiger partial charge on any atom is -0.481 e. The summed E-state index contributed by atoms with van der Waals surface area (Å²) in [4.78, 5) is 11.5. The number of halogens is 1. The van der Waals surface area contributed by atoms with Gasteiger partial charge in [-0.25, -0.2) is 12.8 Å². The summed E-state index contributed by atoms with van der Waals surface area (Å²) >= 11 is 0. The first-order valence-electron chi connectivity index (χ1n) is 9.93. The summed E-state index contributed by atoms with van der Waals surface area (Å²) in [5.41, 5.74) is 2.91. The second-order valence-corrected chi connectivity index (χ2v) is 9.48. The largest absolute Gasteiger partial charge is 0.481 e. The molecule has 1 saturated heterocycles. The number of hydrogen-bond acceptors (Lipinski definition) is 4. The first-order valence-corrected chi connectivity index (χ1v) is 11.4. The van der Waals surface area contributed by atoms with Crippen LogP contribution in [-0.2, 0) is 32.5 Å². The molecule has 0 radical (unpaired) electrons. The van der Waals surface area contributed by atoms with Crippen molar-refractivity contribution in [2.24, 2.45) is 0 Å². The Balaban J connectivity index is 1.65. The maximum absolute atomic E-state index is 13.8. The number of ether oxygens (including phenoxy) is 1. The third-order valence-electron chi connectivity index (χ3n) is 5.62. The lowest BCUT2D eigenvalue weighted by molar-refractivity contribution is -0.136. The molecule has 31 heavy (non-hydrogen) atoms. The zero-order valence-corrected chi connectivity index (χ0v) is 17.9. The van der Waals surface area contributed by atoms with Gasteiger partial charge in [0.1, 0.15) is 5.82 Å². The van der Waals surface area contributed by atoms with Gasteiger partial charge >= 0.3 is 5.97 Å². The van der Waals surface area contributed by atoms with Crippen LogP contribution in [0.4, 0.5) is 4.39 Å². The summed E-state index contributed by atoms with van der Waals surface area (Å²) in [6.45, 7) is 3.66. The normalized spacial score (nSPS) is 15.4. The van der Waals surface area contributed by atoms with Gasteiger partial charge in [0.2, 0.25) is 10.0 Å². The van der Waals surface area contributed by atoms with Crippen molar-refractivity contribution >= 4 is 26.9 Å². The zero-order valence-electron chi connectivity index (χ0n) is 17.0. The molecule has 2 heterocycles. The number of fused-ring (bicyclic) bond motifs is 1. The van der Waals surface area contributed by atoms with E-state index < -0.39 is 21.8 Å². The molecular formula is C22H23FN2O5S. The molecule has 1 aromatic heterocycles. The van der Waals surface area contributed by atoms with Gasteiger partial charge < -0.3 is 14.4 Å². The first-order chi connectivity index (χ1) is 14.8. The van der Waals surface area contributed by atoms with E-state index in [1.165, 1.54) is 16.4 Å². The molecule has 1 N–H and O–H groups in total. The van der Waals surface area contributed by atoms with E-state index in [1.807, 2.05) is 11.5 Å². The van der Waals surface area contributed by atoms with Gasteiger partial charge in [-0.2, -0.15) is 4.31 Å². The lowest BCUT2D eigenvalue weighted by Crippen LogP contribution is -2.40. The van der Waals surface area contributed by atoms with Crippen LogP contribution < -0.4 is 0 Å². The topological polar surface area (TPSA) is 88.8 Å². The number of sulfonamides is 1. The number of rotatable bonds is 6. The lowest BCUT2D eigenvalue weighted by atomic mass is 10.1. The van der Waals surface area contributed by atoms with E-state index in [4.69, 9.17) is 4.74 Å². The van der Waals surface area contributed by atoms with Crippen molar-refractivity contribution in [1.82, 2.24) is 8.87 Å². The molecule has 1 aliphatic heterocycles. The fraction of sp³-hybridized carbons (Fsp3) is 0.318. The monoisotopic (exact) mass is 446 g/mol. The first kappa shape index (κ1) is 21.5. The molecule has 0 amide bonds. The number of hydrogen-bond donors (Lipinski definition) is 1. The minimum absolute atomic E-state index is 0.199. The van der Waals surface area contributed by atoms with Crippen LogP contribution in [0.2, 0.25) is 0 Å². The summed E-state index contributed by atoms with van der Waals surface area (Å²) in [6.07, 6.45) is -0.199. The summed E-state index contributed by atoms with van der Waals surface area (Å²) in [5.74, 6) is -1.40. The second kappa shape index (κ2) is 8.41. The van der Waals surface area contributed by atoms with E-state index >= 15 is 0 Å². The van der Waals surface area contributed by atoms with Crippen LogP contribution in [0.1, 0.15) is 16.8 Å². The Kier molecular flexibility index (Phi) is 5.83. The van der Waals surface area contributed by atoms with E-state index in [1.54, 1.807) is 30.3 Å².